The summed E-state index contributed by atoms with van der Waals surface area (Å²) in [7, 11) is 0. The van der Waals surface area contributed by atoms with Gasteiger partial charge in [0.25, 0.3) is 0 Å². The van der Waals surface area contributed by atoms with Gasteiger partial charge in [0.1, 0.15) is 0 Å². The van der Waals surface area contributed by atoms with Crippen LogP contribution in [0.2, 0.25) is 0 Å². The quantitative estimate of drug-likeness (QED) is 0.649. The first-order valence-corrected chi connectivity index (χ1v) is 7.61. The first-order chi connectivity index (χ1) is 9.51. The van der Waals surface area contributed by atoms with Crippen LogP contribution in [-0.4, -0.2) is 0 Å². The highest BCUT2D eigenvalue weighted by Gasteiger charge is 2.47. The molecule has 0 radical (unpaired) electrons. The third kappa shape index (κ3) is 1.82. The molecule has 20 heavy (non-hydrogen) atoms. The van der Waals surface area contributed by atoms with Crippen LogP contribution in [-0.2, 0) is 5.41 Å². The second-order valence-electron chi connectivity index (χ2n) is 6.26. The van der Waals surface area contributed by atoms with Crippen molar-refractivity contribution in [2.45, 2.75) is 40.0 Å². The maximum absolute atomic E-state index is 4.13. The molecule has 1 aliphatic rings. The number of fused-ring (bicyclic) bond motifs is 1. The highest BCUT2D eigenvalue weighted by molar-refractivity contribution is 5.88. The molecule has 2 rings (SSSR count). The Morgan fingerprint density at radius 3 is 2.15 bits per heavy atom. The molecule has 0 aliphatic heterocycles. The Morgan fingerprint density at radius 1 is 1.05 bits per heavy atom. The van der Waals surface area contributed by atoms with Crippen LogP contribution in [0.3, 0.4) is 0 Å². The van der Waals surface area contributed by atoms with E-state index in [0.717, 1.165) is 0 Å². The van der Waals surface area contributed by atoms with Crippen molar-refractivity contribution in [1.82, 2.24) is 0 Å². The lowest BCUT2D eigenvalue weighted by Crippen LogP contribution is -2.37. The summed E-state index contributed by atoms with van der Waals surface area (Å²) in [6.07, 6.45) is 6.45. The third-order valence-corrected chi connectivity index (χ3v) is 4.76. The molecule has 0 unspecified atom stereocenters. The van der Waals surface area contributed by atoms with Gasteiger partial charge in [0, 0.05) is 5.41 Å². The van der Waals surface area contributed by atoms with Gasteiger partial charge in [-0.1, -0.05) is 76.8 Å². The van der Waals surface area contributed by atoms with E-state index in [1.54, 1.807) is 0 Å². The zero-order valence-corrected chi connectivity index (χ0v) is 13.4. The number of allylic oxidation sites excluding steroid dienone is 5. The Balaban J connectivity index is 2.88. The lowest BCUT2D eigenvalue weighted by molar-refractivity contribution is 0.278. The van der Waals surface area contributed by atoms with E-state index in [1.807, 2.05) is 0 Å². The zero-order valence-electron chi connectivity index (χ0n) is 13.4. The van der Waals surface area contributed by atoms with Gasteiger partial charge in [0.05, 0.1) is 0 Å². The Labute approximate surface area is 123 Å². The van der Waals surface area contributed by atoms with Gasteiger partial charge in [0.15, 0.2) is 0 Å². The Bertz CT molecular complexity index is 559. The van der Waals surface area contributed by atoms with Crippen molar-refractivity contribution in [2.24, 2.45) is 11.8 Å². The lowest BCUT2D eigenvalue weighted by atomic mass is 9.62. The molecule has 1 aromatic carbocycles. The van der Waals surface area contributed by atoms with Gasteiger partial charge in [-0.2, -0.15) is 0 Å². The molecule has 0 atom stereocenters. The summed E-state index contributed by atoms with van der Waals surface area (Å²) in [5, 5.41) is 0. The predicted molar refractivity (Wildman–Crippen MR) is 89.7 cm³/mol. The van der Waals surface area contributed by atoms with Gasteiger partial charge < -0.3 is 0 Å². The average molecular weight is 266 g/mol. The van der Waals surface area contributed by atoms with Crippen LogP contribution in [0.25, 0.3) is 5.57 Å². The smallest absolute Gasteiger partial charge is 0.0260 e. The molecule has 0 heteroatoms. The summed E-state index contributed by atoms with van der Waals surface area (Å²) in [6, 6.07) is 8.85. The Morgan fingerprint density at radius 2 is 1.65 bits per heavy atom. The lowest BCUT2D eigenvalue weighted by Gasteiger charge is -2.41. The van der Waals surface area contributed by atoms with Crippen molar-refractivity contribution < 1.29 is 0 Å². The largest absolute Gasteiger partial charge is 0.0987 e. The summed E-state index contributed by atoms with van der Waals surface area (Å²) in [4.78, 5) is 0. The van der Waals surface area contributed by atoms with Crippen molar-refractivity contribution in [1.29, 1.82) is 0 Å². The molecule has 0 saturated carbocycles. The molecule has 1 aromatic rings. The molecule has 0 fully saturated rings. The van der Waals surface area contributed by atoms with E-state index in [2.05, 4.69) is 83.7 Å². The number of hydrogen-bond acceptors (Lipinski definition) is 0. The van der Waals surface area contributed by atoms with Crippen LogP contribution >= 0.6 is 0 Å². The molecule has 106 valence electrons. The van der Waals surface area contributed by atoms with Crippen LogP contribution in [0, 0.1) is 11.8 Å². The van der Waals surface area contributed by atoms with Crippen LogP contribution in [0.4, 0.5) is 0 Å². The summed E-state index contributed by atoms with van der Waals surface area (Å²) in [5.74, 6) is 1.08. The predicted octanol–water partition coefficient (Wildman–Crippen LogP) is 5.77. The fraction of sp³-hybridized carbons (Fsp3) is 0.400. The van der Waals surface area contributed by atoms with Crippen LogP contribution in [0.1, 0.15) is 45.7 Å². The van der Waals surface area contributed by atoms with E-state index in [0.29, 0.717) is 11.8 Å². The molecular formula is C20H26. The topological polar surface area (TPSA) is 0 Å². The second-order valence-corrected chi connectivity index (χ2v) is 6.26. The zero-order chi connectivity index (χ0) is 14.9. The van der Waals surface area contributed by atoms with E-state index in [9.17, 15) is 0 Å². The van der Waals surface area contributed by atoms with E-state index in [-0.39, 0.29) is 5.41 Å². The number of hydrogen-bond donors (Lipinski definition) is 0. The average Bonchev–Trinajstić information content (AvgIpc) is 2.70. The SMILES string of the molecule is C=CC1=C(/C=C\C)c2ccccc2C1(C(C)C)C(C)C. The maximum atomic E-state index is 4.13. The second kappa shape index (κ2) is 5.44. The fourth-order valence-electron chi connectivity index (χ4n) is 4.13. The number of rotatable bonds is 4. The van der Waals surface area contributed by atoms with Crippen LogP contribution < -0.4 is 0 Å². The molecule has 0 aromatic heterocycles. The van der Waals surface area contributed by atoms with Crippen LogP contribution in [0.15, 0.2) is 54.6 Å². The van der Waals surface area contributed by atoms with E-state index < -0.39 is 0 Å². The molecule has 0 spiro atoms. The minimum atomic E-state index is 0.0766. The van der Waals surface area contributed by atoms with Gasteiger partial charge in [-0.3, -0.25) is 0 Å². The molecule has 0 bridgehead atoms. The van der Waals surface area contributed by atoms with Crippen molar-refractivity contribution >= 4 is 5.57 Å². The fourth-order valence-corrected chi connectivity index (χ4v) is 4.13. The summed E-state index contributed by atoms with van der Waals surface area (Å²) < 4.78 is 0. The number of benzene rings is 1. The van der Waals surface area contributed by atoms with E-state index >= 15 is 0 Å². The first-order valence-electron chi connectivity index (χ1n) is 7.61. The minimum absolute atomic E-state index is 0.0766. The van der Waals surface area contributed by atoms with Gasteiger partial charge in [0.2, 0.25) is 0 Å². The monoisotopic (exact) mass is 266 g/mol. The molecule has 0 saturated heterocycles. The standard InChI is InChI=1S/C20H26/c1-7-11-16-17-12-9-10-13-19(17)20(14(3)4,15(5)6)18(16)8-2/h7-15H,2H2,1,3-6H3/b11-7-. The summed E-state index contributed by atoms with van der Waals surface area (Å²) in [6.45, 7) is 15.5. The van der Waals surface area contributed by atoms with Crippen molar-refractivity contribution in [3.63, 3.8) is 0 Å². The van der Waals surface area contributed by atoms with Gasteiger partial charge >= 0.3 is 0 Å². The van der Waals surface area contributed by atoms with Crippen molar-refractivity contribution in [3.8, 4) is 0 Å². The highest BCUT2D eigenvalue weighted by Crippen LogP contribution is 2.55. The normalized spacial score (nSPS) is 17.4. The van der Waals surface area contributed by atoms with Gasteiger partial charge in [-0.05, 0) is 41.0 Å². The van der Waals surface area contributed by atoms with Gasteiger partial charge in [-0.25, -0.2) is 0 Å². The Hall–Kier alpha value is -1.56. The van der Waals surface area contributed by atoms with E-state index in [1.165, 1.54) is 22.3 Å². The molecule has 0 N–H and O–H groups in total. The highest BCUT2D eigenvalue weighted by atomic mass is 14.5. The van der Waals surface area contributed by atoms with E-state index in [4.69, 9.17) is 0 Å². The summed E-state index contributed by atoms with van der Waals surface area (Å²) >= 11 is 0. The Kier molecular flexibility index (Phi) is 4.04. The maximum Gasteiger partial charge on any atom is 0.0260 e. The molecule has 0 nitrogen and oxygen atoms in total. The molecule has 0 amide bonds. The molecular weight excluding hydrogens is 240 g/mol. The molecule has 0 heterocycles. The van der Waals surface area contributed by atoms with Gasteiger partial charge in [-0.15, -0.1) is 0 Å². The van der Waals surface area contributed by atoms with Crippen LogP contribution in [0.5, 0.6) is 0 Å². The summed E-state index contributed by atoms with van der Waals surface area (Å²) in [5.41, 5.74) is 5.66. The molecule has 1 aliphatic carbocycles. The van der Waals surface area contributed by atoms with Crippen molar-refractivity contribution in [3.05, 3.63) is 65.8 Å². The van der Waals surface area contributed by atoms with Crippen molar-refractivity contribution in [2.75, 3.05) is 0 Å². The first kappa shape index (κ1) is 14.8. The third-order valence-electron chi connectivity index (χ3n) is 4.76. The minimum Gasteiger partial charge on any atom is -0.0987 e.